The van der Waals surface area contributed by atoms with Gasteiger partial charge in [-0.2, -0.15) is 0 Å². The molecule has 3 heterocycles. The number of H-pyrrole nitrogens is 1. The number of para-hydroxylation sites is 1. The molecule has 1 aliphatic heterocycles. The number of rotatable bonds is 12. The molecule has 0 unspecified atom stereocenters. The summed E-state index contributed by atoms with van der Waals surface area (Å²) in [6.45, 7) is 7.72. The van der Waals surface area contributed by atoms with Gasteiger partial charge in [0.25, 0.3) is 0 Å². The third kappa shape index (κ3) is 6.38. The molecule has 1 aliphatic rings. The first-order valence-corrected chi connectivity index (χ1v) is 14.5. The van der Waals surface area contributed by atoms with Gasteiger partial charge in [0.15, 0.2) is 0 Å². The molecule has 36 heavy (non-hydrogen) atoms. The molecule has 7 heteroatoms. The summed E-state index contributed by atoms with van der Waals surface area (Å²) >= 11 is 5.37. The third-order valence-electron chi connectivity index (χ3n) is 6.73. The highest BCUT2D eigenvalue weighted by Crippen LogP contribution is 2.32. The Bertz CT molecular complexity index is 1330. The van der Waals surface area contributed by atoms with E-state index in [1.807, 2.05) is 19.1 Å². The van der Waals surface area contributed by atoms with Crippen LogP contribution >= 0.6 is 27.3 Å². The highest BCUT2D eigenvalue weighted by atomic mass is 79.9. The van der Waals surface area contributed by atoms with Gasteiger partial charge in [-0.15, -0.1) is 11.3 Å². The van der Waals surface area contributed by atoms with Gasteiger partial charge in [0.05, 0.1) is 27.3 Å². The van der Waals surface area contributed by atoms with Gasteiger partial charge in [0.1, 0.15) is 5.75 Å². The highest BCUT2D eigenvalue weighted by molar-refractivity contribution is 9.10. The zero-order valence-electron chi connectivity index (χ0n) is 20.9. The molecule has 0 spiro atoms. The van der Waals surface area contributed by atoms with Crippen molar-refractivity contribution in [3.63, 3.8) is 0 Å². The number of fused-ring (bicyclic) bond motifs is 2. The summed E-state index contributed by atoms with van der Waals surface area (Å²) in [7, 11) is 0. The molecule has 0 fully saturated rings. The van der Waals surface area contributed by atoms with Gasteiger partial charge < -0.3 is 14.5 Å². The number of aryl methyl sites for hydroxylation is 1. The van der Waals surface area contributed by atoms with Crippen LogP contribution in [0.1, 0.15) is 42.7 Å². The number of unbranched alkanes of at least 4 members (excludes halogenated alkanes) is 2. The van der Waals surface area contributed by atoms with Gasteiger partial charge >= 0.3 is 0 Å². The van der Waals surface area contributed by atoms with Crippen LogP contribution in [0.3, 0.4) is 0 Å². The molecule has 0 saturated carbocycles. The fraction of sp³-hybridized carbons (Fsp3) is 0.414. The van der Waals surface area contributed by atoms with Gasteiger partial charge in [-0.25, -0.2) is 4.98 Å². The number of hydrogen-bond acceptors (Lipinski definition) is 5. The van der Waals surface area contributed by atoms with Gasteiger partial charge in [-0.3, -0.25) is 4.90 Å². The Labute approximate surface area is 225 Å². The van der Waals surface area contributed by atoms with Crippen molar-refractivity contribution in [2.45, 2.75) is 39.0 Å². The predicted molar refractivity (Wildman–Crippen MR) is 154 cm³/mol. The van der Waals surface area contributed by atoms with Crippen molar-refractivity contribution < 1.29 is 9.47 Å². The van der Waals surface area contributed by atoms with Crippen LogP contribution in [0.2, 0.25) is 0 Å². The van der Waals surface area contributed by atoms with E-state index in [0.717, 1.165) is 85.9 Å². The van der Waals surface area contributed by atoms with Crippen molar-refractivity contribution in [2.24, 2.45) is 0 Å². The van der Waals surface area contributed by atoms with Crippen molar-refractivity contribution in [3.8, 4) is 5.75 Å². The Balaban J connectivity index is 0.918. The SMILES string of the molecule is Cc1nc2cc(OCCCCOCCCCN3CC=C(c4c[nH]c5c(Br)cccc45)CC3)ccc2s1. The van der Waals surface area contributed by atoms with Crippen LogP contribution in [0, 0.1) is 6.92 Å². The van der Waals surface area contributed by atoms with Gasteiger partial charge in [-0.05, 0) is 85.3 Å². The van der Waals surface area contributed by atoms with E-state index in [9.17, 15) is 0 Å². The molecule has 190 valence electrons. The maximum Gasteiger partial charge on any atom is 0.121 e. The normalized spacial score (nSPS) is 14.6. The lowest BCUT2D eigenvalue weighted by Crippen LogP contribution is -2.29. The maximum atomic E-state index is 5.89. The van der Waals surface area contributed by atoms with Gasteiger partial charge in [0.2, 0.25) is 0 Å². The van der Waals surface area contributed by atoms with Crippen LogP contribution in [0.5, 0.6) is 5.75 Å². The second-order valence-corrected chi connectivity index (χ2v) is 11.5. The molecule has 2 aromatic carbocycles. The number of aromatic amines is 1. The zero-order valence-corrected chi connectivity index (χ0v) is 23.3. The third-order valence-corrected chi connectivity index (χ3v) is 8.35. The van der Waals surface area contributed by atoms with Crippen molar-refractivity contribution in [1.29, 1.82) is 0 Å². The van der Waals surface area contributed by atoms with Crippen molar-refractivity contribution in [3.05, 3.63) is 63.7 Å². The Kier molecular flexibility index (Phi) is 8.75. The number of thiazole rings is 1. The molecule has 2 aromatic heterocycles. The number of halogens is 1. The number of nitrogens with zero attached hydrogens (tertiary/aromatic N) is 2. The van der Waals surface area contributed by atoms with Crippen LogP contribution in [-0.4, -0.2) is 54.3 Å². The van der Waals surface area contributed by atoms with E-state index in [1.165, 1.54) is 33.2 Å². The van der Waals surface area contributed by atoms with E-state index in [4.69, 9.17) is 9.47 Å². The molecule has 0 saturated heterocycles. The average Bonchev–Trinajstić information content (AvgIpc) is 3.49. The minimum atomic E-state index is 0.721. The summed E-state index contributed by atoms with van der Waals surface area (Å²) in [6.07, 6.45) is 10.0. The molecule has 0 bridgehead atoms. The van der Waals surface area contributed by atoms with Crippen molar-refractivity contribution >= 4 is 54.0 Å². The summed E-state index contributed by atoms with van der Waals surface area (Å²) in [5.74, 6) is 0.905. The monoisotopic (exact) mass is 567 g/mol. The van der Waals surface area contributed by atoms with E-state index in [0.29, 0.717) is 0 Å². The standard InChI is InChI=1S/C29H34BrN3O2S/c1-21-32-27-19-23(9-10-28(27)36-21)35-18-5-4-17-34-16-3-2-13-33-14-11-22(12-15-33)25-20-31-29-24(25)7-6-8-26(29)30/h6-11,19-20,31H,2-5,12-18H2,1H3. The number of hydrogen-bond donors (Lipinski definition) is 1. The topological polar surface area (TPSA) is 50.4 Å². The van der Waals surface area contributed by atoms with E-state index in [2.05, 4.69) is 67.3 Å². The maximum absolute atomic E-state index is 5.89. The summed E-state index contributed by atoms with van der Waals surface area (Å²) in [6, 6.07) is 12.6. The smallest absolute Gasteiger partial charge is 0.121 e. The number of aromatic nitrogens is 2. The quantitative estimate of drug-likeness (QED) is 0.179. The second kappa shape index (κ2) is 12.4. The van der Waals surface area contributed by atoms with Crippen LogP contribution in [0.15, 0.2) is 53.1 Å². The van der Waals surface area contributed by atoms with Crippen LogP contribution in [-0.2, 0) is 4.74 Å². The number of ether oxygens (including phenoxy) is 2. The molecule has 5 nitrogen and oxygen atoms in total. The average molecular weight is 569 g/mol. The van der Waals surface area contributed by atoms with Gasteiger partial charge in [0, 0.05) is 54.0 Å². The minimum absolute atomic E-state index is 0.721. The lowest BCUT2D eigenvalue weighted by atomic mass is 9.99. The molecule has 0 radical (unpaired) electrons. The molecule has 1 N–H and O–H groups in total. The molecule has 5 rings (SSSR count). The lowest BCUT2D eigenvalue weighted by molar-refractivity contribution is 0.120. The Morgan fingerprint density at radius 1 is 1.08 bits per heavy atom. The summed E-state index contributed by atoms with van der Waals surface area (Å²) in [5.41, 5.74) is 5.02. The molecular weight excluding hydrogens is 534 g/mol. The molecule has 0 aliphatic carbocycles. The Hall–Kier alpha value is -2.19. The first kappa shape index (κ1) is 25.5. The predicted octanol–water partition coefficient (Wildman–Crippen LogP) is 7.59. The van der Waals surface area contributed by atoms with E-state index in [-0.39, 0.29) is 0 Å². The second-order valence-electron chi connectivity index (χ2n) is 9.38. The summed E-state index contributed by atoms with van der Waals surface area (Å²) in [5, 5.41) is 2.40. The summed E-state index contributed by atoms with van der Waals surface area (Å²) in [4.78, 5) is 10.5. The highest BCUT2D eigenvalue weighted by Gasteiger charge is 2.16. The van der Waals surface area contributed by atoms with Crippen molar-refractivity contribution in [1.82, 2.24) is 14.9 Å². The van der Waals surface area contributed by atoms with Crippen molar-refractivity contribution in [2.75, 3.05) is 39.5 Å². The van der Waals surface area contributed by atoms with Crippen LogP contribution < -0.4 is 4.74 Å². The molecule has 0 atom stereocenters. The lowest BCUT2D eigenvalue weighted by Gasteiger charge is -2.26. The largest absolute Gasteiger partial charge is 0.494 e. The molecular formula is C29H34BrN3O2S. The number of nitrogens with one attached hydrogen (secondary N) is 1. The first-order valence-electron chi connectivity index (χ1n) is 12.9. The first-order chi connectivity index (χ1) is 17.7. The Morgan fingerprint density at radius 3 is 2.81 bits per heavy atom. The molecule has 4 aromatic rings. The van der Waals surface area contributed by atoms with E-state index in [1.54, 1.807) is 11.3 Å². The zero-order chi connectivity index (χ0) is 24.7. The van der Waals surface area contributed by atoms with E-state index >= 15 is 0 Å². The van der Waals surface area contributed by atoms with Crippen LogP contribution in [0.4, 0.5) is 0 Å². The van der Waals surface area contributed by atoms with E-state index < -0.39 is 0 Å². The number of benzene rings is 2. The fourth-order valence-electron chi connectivity index (χ4n) is 4.79. The minimum Gasteiger partial charge on any atom is -0.494 e. The van der Waals surface area contributed by atoms with Gasteiger partial charge in [-0.1, -0.05) is 18.2 Å². The fourth-order valence-corrected chi connectivity index (χ4v) is 6.08. The van der Waals surface area contributed by atoms with Crippen LogP contribution in [0.25, 0.3) is 26.7 Å². The Morgan fingerprint density at radius 2 is 1.94 bits per heavy atom. The molecule has 0 amide bonds. The summed E-state index contributed by atoms with van der Waals surface area (Å²) < 4.78 is 14.1.